The van der Waals surface area contributed by atoms with Gasteiger partial charge in [-0.2, -0.15) is 11.8 Å². The summed E-state index contributed by atoms with van der Waals surface area (Å²) in [6.07, 6.45) is 8.81. The van der Waals surface area contributed by atoms with Gasteiger partial charge >= 0.3 is 0 Å². The van der Waals surface area contributed by atoms with Crippen LogP contribution in [0.15, 0.2) is 12.3 Å². The fraction of sp³-hybridized carbons (Fsp3) is 0.739. The van der Waals surface area contributed by atoms with E-state index in [0.717, 1.165) is 29.5 Å². The van der Waals surface area contributed by atoms with Crippen molar-refractivity contribution in [3.8, 4) is 0 Å². The monoisotopic (exact) mass is 436 g/mol. The number of aryl methyl sites for hydroxylation is 2. The van der Waals surface area contributed by atoms with E-state index in [2.05, 4.69) is 24.9 Å². The lowest BCUT2D eigenvalue weighted by molar-refractivity contribution is -0.229. The molecule has 7 heteroatoms. The molecule has 2 aliphatic rings. The number of carbonyl (C=O) groups is 1. The van der Waals surface area contributed by atoms with E-state index in [1.165, 1.54) is 36.8 Å². The minimum atomic E-state index is -0.940. The first kappa shape index (κ1) is 23.5. The molecule has 3 rings (SSSR count). The number of pyridine rings is 1. The number of methoxy groups -OCH3 is 2. The Labute approximate surface area is 185 Å². The number of amides is 1. The van der Waals surface area contributed by atoms with Crippen LogP contribution < -0.4 is 0 Å². The van der Waals surface area contributed by atoms with Crippen molar-refractivity contribution in [2.75, 3.05) is 39.2 Å². The minimum Gasteiger partial charge on any atom is -0.364 e. The van der Waals surface area contributed by atoms with Crippen molar-refractivity contribution >= 4 is 17.7 Å². The number of thioether (sulfide) groups is 1. The standard InChI is InChI=1S/C23H36N2O4S/c1-5-30-14-21-23(29-16-28-4,22(26)25(21)15-27-3)12-20-11-19(17(2)13-24-20)8-6-7-18-9-10-18/h11,13,18,21H,5-10,12,14-16H2,1-4H3/t21-,23+/m0/s1. The predicted octanol–water partition coefficient (Wildman–Crippen LogP) is 3.59. The summed E-state index contributed by atoms with van der Waals surface area (Å²) in [5.74, 6) is 2.70. The number of hydrogen-bond donors (Lipinski definition) is 0. The summed E-state index contributed by atoms with van der Waals surface area (Å²) in [6, 6.07) is 2.11. The maximum Gasteiger partial charge on any atom is 0.259 e. The summed E-state index contributed by atoms with van der Waals surface area (Å²) in [5, 5.41) is 0. The number of carbonyl (C=O) groups excluding carboxylic acids is 1. The quantitative estimate of drug-likeness (QED) is 0.328. The van der Waals surface area contributed by atoms with Gasteiger partial charge in [-0.1, -0.05) is 26.2 Å². The van der Waals surface area contributed by atoms with E-state index in [-0.39, 0.29) is 25.5 Å². The average molecular weight is 437 g/mol. The van der Waals surface area contributed by atoms with Crippen LogP contribution in [0, 0.1) is 12.8 Å². The Hall–Kier alpha value is -1.15. The number of hydrogen-bond acceptors (Lipinski definition) is 6. The van der Waals surface area contributed by atoms with E-state index in [9.17, 15) is 4.79 Å². The first-order chi connectivity index (χ1) is 14.6. The molecule has 1 aliphatic heterocycles. The second-order valence-corrected chi connectivity index (χ2v) is 9.74. The molecule has 0 radical (unpaired) electrons. The van der Waals surface area contributed by atoms with Crippen molar-refractivity contribution in [3.63, 3.8) is 0 Å². The second kappa shape index (κ2) is 10.9. The van der Waals surface area contributed by atoms with Gasteiger partial charge in [-0.05, 0) is 48.6 Å². The highest BCUT2D eigenvalue weighted by Gasteiger charge is 2.61. The SMILES string of the molecule is CCSC[C@@H]1N(COC)C(=O)[C@]1(Cc1cc(CCCC2CC2)c(C)cn1)OCOC. The van der Waals surface area contributed by atoms with Gasteiger partial charge in [0.15, 0.2) is 5.60 Å². The van der Waals surface area contributed by atoms with Gasteiger partial charge in [0.1, 0.15) is 13.5 Å². The highest BCUT2D eigenvalue weighted by molar-refractivity contribution is 7.99. The van der Waals surface area contributed by atoms with E-state index < -0.39 is 5.60 Å². The fourth-order valence-corrected chi connectivity index (χ4v) is 5.17. The summed E-state index contributed by atoms with van der Waals surface area (Å²) >= 11 is 1.80. The lowest BCUT2D eigenvalue weighted by Gasteiger charge is -2.54. The lowest BCUT2D eigenvalue weighted by Crippen LogP contribution is -2.77. The number of β-lactam (4-membered cyclic amide) rings is 1. The Morgan fingerprint density at radius 1 is 1.30 bits per heavy atom. The first-order valence-corrected chi connectivity index (χ1v) is 12.2. The molecule has 0 N–H and O–H groups in total. The maximum atomic E-state index is 13.2. The van der Waals surface area contributed by atoms with E-state index in [1.54, 1.807) is 30.9 Å². The number of rotatable bonds is 14. The Morgan fingerprint density at radius 3 is 2.77 bits per heavy atom. The summed E-state index contributed by atoms with van der Waals surface area (Å²) in [6.45, 7) is 4.61. The third-order valence-electron chi connectivity index (χ3n) is 6.19. The zero-order valence-electron chi connectivity index (χ0n) is 18.8. The Bertz CT molecular complexity index is 712. The van der Waals surface area contributed by atoms with Crippen molar-refractivity contribution in [3.05, 3.63) is 29.1 Å². The van der Waals surface area contributed by atoms with Crippen molar-refractivity contribution in [2.24, 2.45) is 5.92 Å². The zero-order valence-corrected chi connectivity index (χ0v) is 19.6. The molecule has 1 aliphatic carbocycles. The molecule has 2 heterocycles. The molecule has 1 aromatic rings. The summed E-state index contributed by atoms with van der Waals surface area (Å²) in [7, 11) is 3.20. The Morgan fingerprint density at radius 2 is 2.10 bits per heavy atom. The molecule has 0 bridgehead atoms. The molecular formula is C23H36N2O4S. The highest BCUT2D eigenvalue weighted by atomic mass is 32.2. The van der Waals surface area contributed by atoms with Crippen molar-refractivity contribution < 1.29 is 19.0 Å². The number of ether oxygens (including phenoxy) is 3. The van der Waals surface area contributed by atoms with Gasteiger partial charge in [-0.15, -0.1) is 0 Å². The number of likely N-dealkylation sites (tertiary alicyclic amines) is 1. The molecule has 6 nitrogen and oxygen atoms in total. The lowest BCUT2D eigenvalue weighted by atomic mass is 9.79. The molecule has 1 saturated heterocycles. The molecular weight excluding hydrogens is 400 g/mol. The average Bonchev–Trinajstić information content (AvgIpc) is 3.57. The Balaban J connectivity index is 1.78. The van der Waals surface area contributed by atoms with Gasteiger partial charge in [0, 0.05) is 38.3 Å². The second-order valence-electron chi connectivity index (χ2n) is 8.42. The molecule has 0 spiro atoms. The van der Waals surface area contributed by atoms with Crippen LogP contribution in [0.4, 0.5) is 0 Å². The van der Waals surface area contributed by atoms with Crippen LogP contribution in [0.5, 0.6) is 0 Å². The molecule has 2 fully saturated rings. The summed E-state index contributed by atoms with van der Waals surface area (Å²) < 4.78 is 16.5. The molecule has 168 valence electrons. The van der Waals surface area contributed by atoms with Crippen LogP contribution in [-0.2, 0) is 31.8 Å². The molecule has 0 unspecified atom stereocenters. The first-order valence-electron chi connectivity index (χ1n) is 11.0. The van der Waals surface area contributed by atoms with Crippen LogP contribution in [0.1, 0.15) is 49.4 Å². The zero-order chi connectivity index (χ0) is 21.6. The summed E-state index contributed by atoms with van der Waals surface area (Å²) in [4.78, 5) is 19.6. The van der Waals surface area contributed by atoms with Gasteiger partial charge < -0.3 is 19.1 Å². The van der Waals surface area contributed by atoms with Gasteiger partial charge in [0.05, 0.1) is 6.04 Å². The number of aromatic nitrogens is 1. The van der Waals surface area contributed by atoms with Crippen molar-refractivity contribution in [1.29, 1.82) is 0 Å². The molecule has 1 saturated carbocycles. The van der Waals surface area contributed by atoms with Crippen LogP contribution >= 0.6 is 11.8 Å². The smallest absolute Gasteiger partial charge is 0.259 e. The molecule has 0 aromatic carbocycles. The van der Waals surface area contributed by atoms with Gasteiger partial charge in [0.2, 0.25) is 0 Å². The van der Waals surface area contributed by atoms with Crippen molar-refractivity contribution in [2.45, 2.75) is 64.0 Å². The molecule has 30 heavy (non-hydrogen) atoms. The largest absolute Gasteiger partial charge is 0.364 e. The molecule has 2 atom stereocenters. The van der Waals surface area contributed by atoms with Crippen LogP contribution in [0.25, 0.3) is 0 Å². The third kappa shape index (κ3) is 5.36. The van der Waals surface area contributed by atoms with Crippen LogP contribution in [0.3, 0.4) is 0 Å². The fourth-order valence-electron chi connectivity index (χ4n) is 4.26. The van der Waals surface area contributed by atoms with Gasteiger partial charge in [-0.25, -0.2) is 0 Å². The molecule has 1 aromatic heterocycles. The normalized spacial score (nSPS) is 23.7. The van der Waals surface area contributed by atoms with E-state index in [1.807, 2.05) is 6.20 Å². The van der Waals surface area contributed by atoms with Crippen molar-refractivity contribution in [1.82, 2.24) is 9.88 Å². The van der Waals surface area contributed by atoms with E-state index in [4.69, 9.17) is 14.2 Å². The summed E-state index contributed by atoms with van der Waals surface area (Å²) in [5.41, 5.74) is 2.53. The maximum absolute atomic E-state index is 13.2. The van der Waals surface area contributed by atoms with Gasteiger partial charge in [-0.3, -0.25) is 9.78 Å². The van der Waals surface area contributed by atoms with E-state index >= 15 is 0 Å². The third-order valence-corrected chi connectivity index (χ3v) is 7.15. The predicted molar refractivity (Wildman–Crippen MR) is 120 cm³/mol. The molecule has 1 amide bonds. The van der Waals surface area contributed by atoms with Crippen LogP contribution in [0.2, 0.25) is 0 Å². The van der Waals surface area contributed by atoms with Gasteiger partial charge in [0.25, 0.3) is 5.91 Å². The topological polar surface area (TPSA) is 60.9 Å². The minimum absolute atomic E-state index is 0.0410. The van der Waals surface area contributed by atoms with E-state index in [0.29, 0.717) is 6.42 Å². The Kier molecular flexibility index (Phi) is 8.57. The van der Waals surface area contributed by atoms with Crippen LogP contribution in [-0.4, -0.2) is 66.7 Å². The number of nitrogens with zero attached hydrogens (tertiary/aromatic N) is 2. The highest BCUT2D eigenvalue weighted by Crippen LogP contribution is 2.39.